The number of carbonyl (C=O) groups is 2. The first-order valence-electron chi connectivity index (χ1n) is 10.5. The fraction of sp³-hybridized carbons (Fsp3) is 0.304. The molecule has 11 heteroatoms. The Kier molecular flexibility index (Phi) is 8.97. The molecule has 8 nitrogen and oxygen atoms in total. The molecule has 1 N–H and O–H groups in total. The van der Waals surface area contributed by atoms with E-state index in [1.165, 1.54) is 28.8 Å². The number of nitrogens with one attached hydrogen (secondary N) is 1. The number of amides is 1. The van der Waals surface area contributed by atoms with E-state index >= 15 is 0 Å². The van der Waals surface area contributed by atoms with E-state index in [0.29, 0.717) is 36.2 Å². The Hall–Kier alpha value is -3.47. The molecule has 34 heavy (non-hydrogen) atoms. The van der Waals surface area contributed by atoms with Gasteiger partial charge in [-0.2, -0.15) is 8.78 Å². The highest BCUT2D eigenvalue weighted by Crippen LogP contribution is 2.23. The van der Waals surface area contributed by atoms with Gasteiger partial charge in [0.1, 0.15) is 5.75 Å². The molecule has 0 unspecified atom stereocenters. The van der Waals surface area contributed by atoms with Crippen molar-refractivity contribution in [2.45, 2.75) is 31.5 Å². The number of esters is 1. The van der Waals surface area contributed by atoms with Crippen LogP contribution in [0.1, 0.15) is 19.8 Å². The number of alkyl halides is 2. The summed E-state index contributed by atoms with van der Waals surface area (Å²) in [7, 11) is 0. The minimum absolute atomic E-state index is 0.0171. The number of hydrogen-bond acceptors (Lipinski definition) is 7. The first-order valence-corrected chi connectivity index (χ1v) is 11.5. The maximum Gasteiger partial charge on any atom is 0.387 e. The summed E-state index contributed by atoms with van der Waals surface area (Å²) in [6.07, 6.45) is 0.652. The number of rotatable bonds is 11. The van der Waals surface area contributed by atoms with Crippen LogP contribution >= 0.6 is 11.8 Å². The monoisotopic (exact) mass is 491 g/mol. The van der Waals surface area contributed by atoms with Crippen LogP contribution in [-0.2, 0) is 14.3 Å². The molecular formula is C23H23F2N3O5S. The molecule has 1 amide bonds. The van der Waals surface area contributed by atoms with Gasteiger partial charge in [-0.25, -0.2) is 4.98 Å². The van der Waals surface area contributed by atoms with Gasteiger partial charge in [-0.05, 0) is 49.7 Å². The Bertz CT molecular complexity index is 1200. The maximum absolute atomic E-state index is 13.2. The molecule has 3 rings (SSSR count). The minimum Gasteiger partial charge on any atom is -0.466 e. The predicted molar refractivity (Wildman–Crippen MR) is 124 cm³/mol. The van der Waals surface area contributed by atoms with E-state index in [4.69, 9.17) is 4.74 Å². The Morgan fingerprint density at radius 3 is 2.59 bits per heavy atom. The lowest BCUT2D eigenvalue weighted by atomic mass is 10.2. The third-order valence-corrected chi connectivity index (χ3v) is 5.52. The van der Waals surface area contributed by atoms with E-state index < -0.39 is 6.61 Å². The Balaban J connectivity index is 1.77. The van der Waals surface area contributed by atoms with Crippen molar-refractivity contribution in [2.24, 2.45) is 0 Å². The highest BCUT2D eigenvalue weighted by molar-refractivity contribution is 7.99. The van der Waals surface area contributed by atoms with Gasteiger partial charge in [-0.3, -0.25) is 19.0 Å². The number of nitrogens with zero attached hydrogens (tertiary/aromatic N) is 2. The number of fused-ring (bicyclic) bond motifs is 1. The number of hydrogen-bond donors (Lipinski definition) is 1. The number of halogens is 2. The maximum atomic E-state index is 13.2. The van der Waals surface area contributed by atoms with Gasteiger partial charge in [0, 0.05) is 13.0 Å². The Morgan fingerprint density at radius 2 is 1.88 bits per heavy atom. The van der Waals surface area contributed by atoms with Crippen LogP contribution in [0.3, 0.4) is 0 Å². The summed E-state index contributed by atoms with van der Waals surface area (Å²) in [6, 6.07) is 12.4. The van der Waals surface area contributed by atoms with Gasteiger partial charge in [0.25, 0.3) is 5.56 Å². The molecule has 2 aromatic carbocycles. The van der Waals surface area contributed by atoms with Crippen LogP contribution in [0.25, 0.3) is 16.6 Å². The molecule has 0 atom stereocenters. The van der Waals surface area contributed by atoms with Gasteiger partial charge in [0.15, 0.2) is 5.16 Å². The van der Waals surface area contributed by atoms with Gasteiger partial charge in [0.2, 0.25) is 5.91 Å². The standard InChI is InChI=1S/C23H23F2N3O5S/c1-2-32-20(30)8-5-13-26-19(29)14-34-23-27-18-7-4-3-6-17(18)21(31)28(23)15-9-11-16(12-10-15)33-22(24)25/h3-4,6-7,9-12,22H,2,5,8,13-14H2,1H3,(H,26,29). The number of thioether (sulfide) groups is 1. The summed E-state index contributed by atoms with van der Waals surface area (Å²) in [5.74, 6) is -0.669. The predicted octanol–water partition coefficient (Wildman–Crippen LogP) is 3.54. The van der Waals surface area contributed by atoms with E-state index in [0.717, 1.165) is 11.8 Å². The summed E-state index contributed by atoms with van der Waals surface area (Å²) < 4.78 is 35.4. The van der Waals surface area contributed by atoms with Crippen molar-refractivity contribution in [3.63, 3.8) is 0 Å². The zero-order valence-corrected chi connectivity index (χ0v) is 19.1. The number of aromatic nitrogens is 2. The largest absolute Gasteiger partial charge is 0.466 e. The molecule has 1 heterocycles. The Labute approximate surface area is 198 Å². The van der Waals surface area contributed by atoms with Crippen molar-refractivity contribution in [2.75, 3.05) is 18.9 Å². The van der Waals surface area contributed by atoms with E-state index in [-0.39, 0.29) is 40.5 Å². The quantitative estimate of drug-likeness (QED) is 0.190. The molecule has 0 saturated heterocycles. The average molecular weight is 492 g/mol. The van der Waals surface area contributed by atoms with Gasteiger partial charge >= 0.3 is 12.6 Å². The van der Waals surface area contributed by atoms with Crippen LogP contribution in [0.15, 0.2) is 58.5 Å². The van der Waals surface area contributed by atoms with Crippen LogP contribution in [0.5, 0.6) is 5.75 Å². The van der Waals surface area contributed by atoms with Crippen LogP contribution in [0.4, 0.5) is 8.78 Å². The second-order valence-electron chi connectivity index (χ2n) is 6.97. The normalized spacial score (nSPS) is 10.9. The van der Waals surface area contributed by atoms with Crippen molar-refractivity contribution in [1.29, 1.82) is 0 Å². The molecule has 0 fully saturated rings. The van der Waals surface area contributed by atoms with Crippen molar-refractivity contribution >= 4 is 34.5 Å². The molecule has 180 valence electrons. The van der Waals surface area contributed by atoms with Crippen molar-refractivity contribution in [1.82, 2.24) is 14.9 Å². The summed E-state index contributed by atoms with van der Waals surface area (Å²) in [5, 5.41) is 3.37. The molecule has 3 aromatic rings. The van der Waals surface area contributed by atoms with E-state index in [1.807, 2.05) is 0 Å². The molecule has 0 aliphatic heterocycles. The van der Waals surface area contributed by atoms with Gasteiger partial charge in [0.05, 0.1) is 29.0 Å². The fourth-order valence-corrected chi connectivity index (χ4v) is 3.93. The number of carbonyl (C=O) groups excluding carboxylic acids is 2. The SMILES string of the molecule is CCOC(=O)CCCNC(=O)CSc1nc2ccccc2c(=O)n1-c1ccc(OC(F)F)cc1. The lowest BCUT2D eigenvalue weighted by Gasteiger charge is -2.14. The number of benzene rings is 2. The van der Waals surface area contributed by atoms with Crippen molar-refractivity contribution in [3.05, 3.63) is 58.9 Å². The first-order chi connectivity index (χ1) is 16.4. The molecule has 0 aliphatic carbocycles. The van der Waals surface area contributed by atoms with Crippen molar-refractivity contribution in [3.8, 4) is 11.4 Å². The molecule has 0 spiro atoms. The van der Waals surface area contributed by atoms with Crippen LogP contribution in [0, 0.1) is 0 Å². The lowest BCUT2D eigenvalue weighted by molar-refractivity contribution is -0.143. The van der Waals surface area contributed by atoms with Crippen LogP contribution in [-0.4, -0.2) is 46.9 Å². The van der Waals surface area contributed by atoms with Gasteiger partial charge < -0.3 is 14.8 Å². The highest BCUT2D eigenvalue weighted by Gasteiger charge is 2.15. The fourth-order valence-electron chi connectivity index (χ4n) is 3.09. The molecule has 0 bridgehead atoms. The van der Waals surface area contributed by atoms with Gasteiger partial charge in [-0.1, -0.05) is 23.9 Å². The molecule has 0 aliphatic rings. The lowest BCUT2D eigenvalue weighted by Crippen LogP contribution is -2.27. The first kappa shape index (κ1) is 25.2. The van der Waals surface area contributed by atoms with E-state index in [1.54, 1.807) is 31.2 Å². The summed E-state index contributed by atoms with van der Waals surface area (Å²) in [6.45, 7) is -0.618. The summed E-state index contributed by atoms with van der Waals surface area (Å²) >= 11 is 1.06. The third-order valence-electron chi connectivity index (χ3n) is 4.58. The van der Waals surface area contributed by atoms with Crippen LogP contribution < -0.4 is 15.6 Å². The van der Waals surface area contributed by atoms with Crippen LogP contribution in [0.2, 0.25) is 0 Å². The topological polar surface area (TPSA) is 99.5 Å². The Morgan fingerprint density at radius 1 is 1.15 bits per heavy atom. The number of ether oxygens (including phenoxy) is 2. The second-order valence-corrected chi connectivity index (χ2v) is 7.91. The molecule has 1 aromatic heterocycles. The molecule has 0 radical (unpaired) electrons. The highest BCUT2D eigenvalue weighted by atomic mass is 32.2. The smallest absolute Gasteiger partial charge is 0.387 e. The van der Waals surface area contributed by atoms with Gasteiger partial charge in [-0.15, -0.1) is 0 Å². The summed E-state index contributed by atoms with van der Waals surface area (Å²) in [5.41, 5.74) is 0.506. The minimum atomic E-state index is -2.96. The summed E-state index contributed by atoms with van der Waals surface area (Å²) in [4.78, 5) is 41.4. The average Bonchev–Trinajstić information content (AvgIpc) is 2.81. The molecule has 0 saturated carbocycles. The van der Waals surface area contributed by atoms with E-state index in [2.05, 4.69) is 15.0 Å². The zero-order chi connectivity index (χ0) is 24.5. The third kappa shape index (κ3) is 6.77. The van der Waals surface area contributed by atoms with Crippen molar-refractivity contribution < 1.29 is 27.8 Å². The number of para-hydroxylation sites is 1. The second kappa shape index (κ2) is 12.1. The molecular weight excluding hydrogens is 468 g/mol. The zero-order valence-electron chi connectivity index (χ0n) is 18.3. The van der Waals surface area contributed by atoms with E-state index in [9.17, 15) is 23.2 Å².